The van der Waals surface area contributed by atoms with Gasteiger partial charge in [-0.25, -0.2) is 0 Å². The zero-order chi connectivity index (χ0) is 22.4. The summed E-state index contributed by atoms with van der Waals surface area (Å²) in [6.07, 6.45) is 2.84. The fourth-order valence-corrected chi connectivity index (χ4v) is 6.66. The maximum absolute atomic E-state index is 13.6. The second-order valence-electron chi connectivity index (χ2n) is 10.7. The third-order valence-electron chi connectivity index (χ3n) is 8.02. The van der Waals surface area contributed by atoms with Crippen LogP contribution in [0, 0.1) is 30.6 Å². The molecular weight excluding hydrogens is 386 g/mol. The maximum Gasteiger partial charge on any atom is 0.253 e. The summed E-state index contributed by atoms with van der Waals surface area (Å²) in [5.41, 5.74) is 2.80. The van der Waals surface area contributed by atoms with Crippen LogP contribution in [0.5, 0.6) is 0 Å². The molecule has 0 aromatic heterocycles. The van der Waals surface area contributed by atoms with E-state index in [1.165, 1.54) is 0 Å². The van der Waals surface area contributed by atoms with Crippen LogP contribution in [0.1, 0.15) is 61.5 Å². The first-order chi connectivity index (χ1) is 14.7. The van der Waals surface area contributed by atoms with Crippen LogP contribution in [0.3, 0.4) is 0 Å². The van der Waals surface area contributed by atoms with Crippen LogP contribution in [0.4, 0.5) is 0 Å². The van der Waals surface area contributed by atoms with E-state index in [2.05, 4.69) is 36.6 Å². The minimum atomic E-state index is -0.257. The summed E-state index contributed by atoms with van der Waals surface area (Å²) in [7, 11) is 0. The van der Waals surface area contributed by atoms with E-state index < -0.39 is 0 Å². The van der Waals surface area contributed by atoms with Gasteiger partial charge in [0.1, 0.15) is 0 Å². The quantitative estimate of drug-likeness (QED) is 0.738. The summed E-state index contributed by atoms with van der Waals surface area (Å²) in [5, 5.41) is 0. The highest BCUT2D eigenvalue weighted by Gasteiger charge is 2.64. The lowest BCUT2D eigenvalue weighted by molar-refractivity contribution is -0.141. The smallest absolute Gasteiger partial charge is 0.253 e. The number of carbonyl (C=O) groups excluding carboxylic acids is 2. The number of amides is 2. The number of likely N-dealkylation sites (tertiary alicyclic amines) is 3. The number of nitrogens with zero attached hydrogens (tertiary/aromatic N) is 3. The van der Waals surface area contributed by atoms with E-state index in [-0.39, 0.29) is 16.7 Å². The Bertz CT molecular complexity index is 836. The predicted octanol–water partition coefficient (Wildman–Crippen LogP) is 3.74. The third-order valence-corrected chi connectivity index (χ3v) is 8.02. The van der Waals surface area contributed by atoms with Crippen molar-refractivity contribution in [1.29, 1.82) is 0 Å². The zero-order valence-electron chi connectivity index (χ0n) is 20.0. The van der Waals surface area contributed by atoms with Gasteiger partial charge in [-0.05, 0) is 58.1 Å². The van der Waals surface area contributed by atoms with Crippen LogP contribution in [0.15, 0.2) is 18.2 Å². The van der Waals surface area contributed by atoms with Crippen molar-refractivity contribution in [3.05, 3.63) is 34.9 Å². The third kappa shape index (κ3) is 3.79. The van der Waals surface area contributed by atoms with Crippen molar-refractivity contribution in [3.63, 3.8) is 0 Å². The normalized spacial score (nSPS) is 26.1. The molecule has 1 unspecified atom stereocenters. The average Bonchev–Trinajstić information content (AvgIpc) is 3.18. The van der Waals surface area contributed by atoms with Gasteiger partial charge in [-0.1, -0.05) is 31.0 Å². The summed E-state index contributed by atoms with van der Waals surface area (Å²) < 4.78 is 0. The molecule has 0 N–H and O–H groups in total. The molecule has 5 heteroatoms. The molecule has 0 bridgehead atoms. The van der Waals surface area contributed by atoms with Crippen molar-refractivity contribution in [3.8, 4) is 0 Å². The van der Waals surface area contributed by atoms with Crippen LogP contribution in [0.25, 0.3) is 0 Å². The minimum Gasteiger partial charge on any atom is -0.342 e. The molecule has 3 saturated heterocycles. The maximum atomic E-state index is 13.6. The van der Waals surface area contributed by atoms with E-state index in [1.807, 2.05) is 30.9 Å². The fraction of sp³-hybridized carbons (Fsp3) is 0.692. The van der Waals surface area contributed by atoms with Gasteiger partial charge in [0, 0.05) is 56.8 Å². The van der Waals surface area contributed by atoms with E-state index in [4.69, 9.17) is 0 Å². The van der Waals surface area contributed by atoms with Crippen LogP contribution in [-0.4, -0.2) is 72.3 Å². The Labute approximate surface area is 187 Å². The van der Waals surface area contributed by atoms with Gasteiger partial charge in [-0.2, -0.15) is 0 Å². The predicted molar refractivity (Wildman–Crippen MR) is 124 cm³/mol. The molecule has 0 aliphatic carbocycles. The Morgan fingerprint density at radius 3 is 2.19 bits per heavy atom. The van der Waals surface area contributed by atoms with E-state index in [0.717, 1.165) is 81.8 Å². The molecule has 1 aromatic carbocycles. The van der Waals surface area contributed by atoms with E-state index in [1.54, 1.807) is 0 Å². The first-order valence-corrected chi connectivity index (χ1v) is 12.1. The van der Waals surface area contributed by atoms with Crippen LogP contribution in [0.2, 0.25) is 0 Å². The Morgan fingerprint density at radius 1 is 1.00 bits per heavy atom. The highest BCUT2D eigenvalue weighted by Crippen LogP contribution is 2.58. The summed E-state index contributed by atoms with van der Waals surface area (Å²) in [6, 6.07) is 6.11. The molecule has 31 heavy (non-hydrogen) atoms. The monoisotopic (exact) mass is 425 g/mol. The minimum absolute atomic E-state index is 0.00218. The Kier molecular flexibility index (Phi) is 5.93. The number of benzene rings is 1. The molecular formula is C26H39N3O2. The van der Waals surface area contributed by atoms with Crippen LogP contribution >= 0.6 is 0 Å². The lowest BCUT2D eigenvalue weighted by Crippen LogP contribution is -2.53. The second kappa shape index (κ2) is 8.23. The number of fused-ring (bicyclic) bond motifs is 1. The van der Waals surface area contributed by atoms with Crippen molar-refractivity contribution >= 4 is 11.8 Å². The fourth-order valence-electron chi connectivity index (χ4n) is 6.66. The van der Waals surface area contributed by atoms with Gasteiger partial charge in [-0.15, -0.1) is 0 Å². The summed E-state index contributed by atoms with van der Waals surface area (Å²) >= 11 is 0. The molecule has 4 rings (SSSR count). The molecule has 2 spiro atoms. The van der Waals surface area contributed by atoms with Gasteiger partial charge in [0.15, 0.2) is 0 Å². The molecule has 170 valence electrons. The summed E-state index contributed by atoms with van der Waals surface area (Å²) in [5.74, 6) is 1.10. The van der Waals surface area contributed by atoms with Crippen LogP contribution in [-0.2, 0) is 4.79 Å². The lowest BCUT2D eigenvalue weighted by atomic mass is 9.60. The SMILES string of the molecule is CCN1CCC2(CN(CC(C)C)CC23CCN(C(=O)c2cc(C)cc(C)c2)CC3)C1=O. The molecule has 3 heterocycles. The van der Waals surface area contributed by atoms with Gasteiger partial charge >= 0.3 is 0 Å². The van der Waals surface area contributed by atoms with Crippen molar-refractivity contribution in [2.45, 2.75) is 53.9 Å². The van der Waals surface area contributed by atoms with E-state index in [0.29, 0.717) is 11.8 Å². The highest BCUT2D eigenvalue weighted by molar-refractivity contribution is 5.94. The Morgan fingerprint density at radius 2 is 1.65 bits per heavy atom. The Balaban J connectivity index is 1.55. The first kappa shape index (κ1) is 22.3. The van der Waals surface area contributed by atoms with Gasteiger partial charge in [0.25, 0.3) is 5.91 Å². The van der Waals surface area contributed by atoms with Crippen molar-refractivity contribution < 1.29 is 9.59 Å². The van der Waals surface area contributed by atoms with Crippen molar-refractivity contribution in [2.75, 3.05) is 45.8 Å². The van der Waals surface area contributed by atoms with Gasteiger partial charge in [-0.3, -0.25) is 9.59 Å². The number of aryl methyl sites for hydroxylation is 2. The first-order valence-electron chi connectivity index (χ1n) is 12.1. The largest absolute Gasteiger partial charge is 0.342 e. The topological polar surface area (TPSA) is 43.9 Å². The summed E-state index contributed by atoms with van der Waals surface area (Å²) in [6.45, 7) is 16.9. The van der Waals surface area contributed by atoms with Crippen LogP contribution < -0.4 is 0 Å². The number of rotatable bonds is 4. The molecule has 3 aliphatic heterocycles. The molecule has 1 atom stereocenters. The standard InChI is InChI=1S/C26H39N3O2/c1-6-28-12-9-26(24(28)31)18-27(16-19(2)3)17-25(26)7-10-29(11-8-25)23(30)22-14-20(4)13-21(5)15-22/h13-15,19H,6-12,16-18H2,1-5H3. The molecule has 0 saturated carbocycles. The highest BCUT2D eigenvalue weighted by atomic mass is 16.2. The van der Waals surface area contributed by atoms with Crippen molar-refractivity contribution in [2.24, 2.45) is 16.7 Å². The molecule has 3 fully saturated rings. The number of hydrogen-bond acceptors (Lipinski definition) is 3. The molecule has 0 radical (unpaired) electrons. The van der Waals surface area contributed by atoms with Gasteiger partial charge < -0.3 is 14.7 Å². The molecule has 5 nitrogen and oxygen atoms in total. The van der Waals surface area contributed by atoms with Gasteiger partial charge in [0.2, 0.25) is 5.91 Å². The van der Waals surface area contributed by atoms with E-state index in [9.17, 15) is 9.59 Å². The van der Waals surface area contributed by atoms with Crippen molar-refractivity contribution in [1.82, 2.24) is 14.7 Å². The summed E-state index contributed by atoms with van der Waals surface area (Å²) in [4.78, 5) is 33.5. The number of piperidine rings is 1. The Hall–Kier alpha value is -1.88. The second-order valence-corrected chi connectivity index (χ2v) is 10.7. The zero-order valence-corrected chi connectivity index (χ0v) is 20.0. The number of carbonyl (C=O) groups is 2. The average molecular weight is 426 g/mol. The molecule has 1 aromatic rings. The number of hydrogen-bond donors (Lipinski definition) is 0. The molecule has 2 amide bonds. The lowest BCUT2D eigenvalue weighted by Gasteiger charge is -2.47. The molecule has 3 aliphatic rings. The van der Waals surface area contributed by atoms with E-state index >= 15 is 0 Å². The van der Waals surface area contributed by atoms with Gasteiger partial charge in [0.05, 0.1) is 5.41 Å².